The molecule has 0 spiro atoms. The van der Waals surface area contributed by atoms with Crippen LogP contribution < -0.4 is 10.5 Å². The number of methoxy groups -OCH3 is 1. The number of nitrogens with zero attached hydrogens (tertiary/aromatic N) is 3. The Labute approximate surface area is 178 Å². The van der Waals surface area contributed by atoms with Gasteiger partial charge in [0.15, 0.2) is 0 Å². The van der Waals surface area contributed by atoms with Gasteiger partial charge in [-0.3, -0.25) is 9.69 Å². The van der Waals surface area contributed by atoms with E-state index in [0.717, 1.165) is 23.4 Å². The van der Waals surface area contributed by atoms with Crippen molar-refractivity contribution in [2.45, 2.75) is 19.5 Å². The second kappa shape index (κ2) is 8.38. The van der Waals surface area contributed by atoms with Crippen LogP contribution in [-0.4, -0.2) is 34.4 Å². The summed E-state index contributed by atoms with van der Waals surface area (Å²) in [6.45, 7) is 1.95. The second-order valence-corrected chi connectivity index (χ2v) is 7.57. The number of hydrogen-bond acceptors (Lipinski definition) is 5. The maximum atomic E-state index is 14.6. The van der Waals surface area contributed by atoms with Crippen LogP contribution in [0.2, 0.25) is 5.02 Å². The average Bonchev–Trinajstić information content (AvgIpc) is 2.73. The average molecular weight is 427 g/mol. The summed E-state index contributed by atoms with van der Waals surface area (Å²) in [6.07, 6.45) is 2.37. The lowest BCUT2D eigenvalue weighted by Crippen LogP contribution is -2.32. The van der Waals surface area contributed by atoms with E-state index in [1.807, 2.05) is 12.1 Å². The number of benzene rings is 1. The molecule has 2 aromatic heterocycles. The predicted octanol–water partition coefficient (Wildman–Crippen LogP) is 3.60. The molecular weight excluding hydrogens is 407 g/mol. The molecule has 1 aliphatic rings. The molecular formula is C22H20ClFN4O2. The lowest BCUT2D eigenvalue weighted by atomic mass is 9.92. The van der Waals surface area contributed by atoms with Gasteiger partial charge in [-0.25, -0.2) is 14.4 Å². The predicted molar refractivity (Wildman–Crippen MR) is 112 cm³/mol. The fourth-order valence-electron chi connectivity index (χ4n) is 3.72. The molecule has 0 atom stereocenters. The lowest BCUT2D eigenvalue weighted by Gasteiger charge is -2.30. The van der Waals surface area contributed by atoms with Gasteiger partial charge < -0.3 is 10.5 Å². The summed E-state index contributed by atoms with van der Waals surface area (Å²) in [5.74, 6) is -0.540. The van der Waals surface area contributed by atoms with Crippen molar-refractivity contribution in [2.75, 3.05) is 13.7 Å². The Balaban J connectivity index is 1.69. The minimum Gasteiger partial charge on any atom is -0.481 e. The molecule has 0 aliphatic carbocycles. The number of fused-ring (bicyclic) bond motifs is 1. The number of nitrogens with two attached hydrogens (primary N) is 1. The molecule has 0 saturated carbocycles. The SMILES string of the molecule is COc1cc(CN2CCc3c(-c4ccc(Cl)cc4F)cc(C(N)=O)nc3C2)ccn1. The highest BCUT2D eigenvalue weighted by atomic mass is 35.5. The van der Waals surface area contributed by atoms with Gasteiger partial charge in [0.05, 0.1) is 12.8 Å². The van der Waals surface area contributed by atoms with Crippen molar-refractivity contribution in [3.8, 4) is 17.0 Å². The number of amides is 1. The molecule has 1 amide bonds. The van der Waals surface area contributed by atoms with E-state index in [9.17, 15) is 9.18 Å². The smallest absolute Gasteiger partial charge is 0.267 e. The molecule has 3 heterocycles. The fraction of sp³-hybridized carbons (Fsp3) is 0.227. The topological polar surface area (TPSA) is 81.3 Å². The van der Waals surface area contributed by atoms with Crippen LogP contribution in [0.25, 0.3) is 11.1 Å². The first-order chi connectivity index (χ1) is 14.4. The van der Waals surface area contributed by atoms with Crippen molar-refractivity contribution in [2.24, 2.45) is 5.73 Å². The number of carbonyl (C=O) groups excluding carboxylic acids is 1. The highest BCUT2D eigenvalue weighted by Gasteiger charge is 2.24. The molecule has 6 nitrogen and oxygen atoms in total. The van der Waals surface area contributed by atoms with Crippen LogP contribution in [0.1, 0.15) is 27.3 Å². The van der Waals surface area contributed by atoms with Crippen molar-refractivity contribution >= 4 is 17.5 Å². The van der Waals surface area contributed by atoms with Gasteiger partial charge in [0.1, 0.15) is 11.5 Å². The second-order valence-electron chi connectivity index (χ2n) is 7.14. The number of hydrogen-bond donors (Lipinski definition) is 1. The summed E-state index contributed by atoms with van der Waals surface area (Å²) in [5.41, 5.74) is 9.33. The molecule has 2 N–H and O–H groups in total. The van der Waals surface area contributed by atoms with Gasteiger partial charge in [0.2, 0.25) is 5.88 Å². The largest absolute Gasteiger partial charge is 0.481 e. The zero-order valence-electron chi connectivity index (χ0n) is 16.4. The van der Waals surface area contributed by atoms with E-state index in [4.69, 9.17) is 22.1 Å². The molecule has 3 aromatic rings. The molecule has 8 heteroatoms. The summed E-state index contributed by atoms with van der Waals surface area (Å²) in [6, 6.07) is 9.89. The number of pyridine rings is 2. The third kappa shape index (κ3) is 4.13. The fourth-order valence-corrected chi connectivity index (χ4v) is 3.88. The molecule has 0 fully saturated rings. The molecule has 0 radical (unpaired) electrons. The van der Waals surface area contributed by atoms with Gasteiger partial charge in [-0.1, -0.05) is 11.6 Å². The van der Waals surface area contributed by atoms with E-state index in [1.54, 1.807) is 31.5 Å². The molecule has 0 unspecified atom stereocenters. The van der Waals surface area contributed by atoms with Gasteiger partial charge in [-0.2, -0.15) is 0 Å². The normalized spacial score (nSPS) is 13.7. The van der Waals surface area contributed by atoms with Gasteiger partial charge >= 0.3 is 0 Å². The van der Waals surface area contributed by atoms with E-state index < -0.39 is 11.7 Å². The first-order valence-electron chi connectivity index (χ1n) is 9.44. The molecule has 1 aromatic carbocycles. The summed E-state index contributed by atoms with van der Waals surface area (Å²) in [7, 11) is 1.58. The summed E-state index contributed by atoms with van der Waals surface area (Å²) < 4.78 is 19.8. The van der Waals surface area contributed by atoms with Crippen LogP contribution in [0.3, 0.4) is 0 Å². The van der Waals surface area contributed by atoms with Gasteiger partial charge in [0, 0.05) is 42.5 Å². The number of aromatic nitrogens is 2. The highest BCUT2D eigenvalue weighted by molar-refractivity contribution is 6.30. The maximum absolute atomic E-state index is 14.6. The van der Waals surface area contributed by atoms with Gasteiger partial charge in [-0.15, -0.1) is 0 Å². The van der Waals surface area contributed by atoms with Gasteiger partial charge in [0.25, 0.3) is 5.91 Å². The third-order valence-electron chi connectivity index (χ3n) is 5.15. The highest BCUT2D eigenvalue weighted by Crippen LogP contribution is 2.33. The Hall–Kier alpha value is -3.03. The number of ether oxygens (including phenoxy) is 1. The number of carbonyl (C=O) groups is 1. The Morgan fingerprint density at radius 2 is 2.10 bits per heavy atom. The maximum Gasteiger partial charge on any atom is 0.267 e. The minimum atomic E-state index is -0.649. The van der Waals surface area contributed by atoms with Crippen molar-refractivity contribution in [3.05, 3.63) is 75.9 Å². The molecule has 0 saturated heterocycles. The van der Waals surface area contributed by atoms with E-state index in [2.05, 4.69) is 14.9 Å². The van der Waals surface area contributed by atoms with Crippen LogP contribution >= 0.6 is 11.6 Å². The zero-order valence-corrected chi connectivity index (χ0v) is 17.1. The Morgan fingerprint density at radius 1 is 1.27 bits per heavy atom. The summed E-state index contributed by atoms with van der Waals surface area (Å²) in [4.78, 5) is 22.7. The van der Waals surface area contributed by atoms with Crippen LogP contribution in [0.4, 0.5) is 4.39 Å². The van der Waals surface area contributed by atoms with Crippen molar-refractivity contribution in [3.63, 3.8) is 0 Å². The first-order valence-corrected chi connectivity index (χ1v) is 9.81. The van der Waals surface area contributed by atoms with E-state index in [1.165, 1.54) is 6.07 Å². The number of rotatable bonds is 5. The standard InChI is InChI=1S/C22H20ClFN4O2/c1-30-21-8-13(4-6-26-21)11-28-7-5-16-17(15-3-2-14(23)9-18(15)24)10-19(22(25)29)27-20(16)12-28/h2-4,6,8-10H,5,7,11-12H2,1H3,(H2,25,29). The number of halogens is 2. The quantitative estimate of drug-likeness (QED) is 0.674. The van der Waals surface area contributed by atoms with Crippen molar-refractivity contribution in [1.29, 1.82) is 0 Å². The van der Waals surface area contributed by atoms with Crippen LogP contribution in [-0.2, 0) is 19.5 Å². The molecule has 1 aliphatic heterocycles. The Morgan fingerprint density at radius 3 is 2.83 bits per heavy atom. The van der Waals surface area contributed by atoms with Crippen LogP contribution in [0.15, 0.2) is 42.6 Å². The van der Waals surface area contributed by atoms with Gasteiger partial charge in [-0.05, 0) is 53.4 Å². The first kappa shape index (κ1) is 20.3. The zero-order chi connectivity index (χ0) is 21.3. The van der Waals surface area contributed by atoms with Crippen LogP contribution in [0, 0.1) is 5.82 Å². The van der Waals surface area contributed by atoms with E-state index in [-0.39, 0.29) is 5.69 Å². The van der Waals surface area contributed by atoms with E-state index in [0.29, 0.717) is 41.5 Å². The Bertz CT molecular complexity index is 1120. The lowest BCUT2D eigenvalue weighted by molar-refractivity contribution is 0.0995. The van der Waals surface area contributed by atoms with Crippen molar-refractivity contribution < 1.29 is 13.9 Å². The molecule has 0 bridgehead atoms. The molecule has 30 heavy (non-hydrogen) atoms. The summed E-state index contributed by atoms with van der Waals surface area (Å²) in [5, 5.41) is 0.313. The van der Waals surface area contributed by atoms with E-state index >= 15 is 0 Å². The van der Waals surface area contributed by atoms with Crippen molar-refractivity contribution in [1.82, 2.24) is 14.9 Å². The number of primary amides is 1. The van der Waals surface area contributed by atoms with Crippen LogP contribution in [0.5, 0.6) is 5.88 Å². The molecule has 4 rings (SSSR count). The summed E-state index contributed by atoms with van der Waals surface area (Å²) >= 11 is 5.90. The third-order valence-corrected chi connectivity index (χ3v) is 5.38. The Kier molecular flexibility index (Phi) is 5.65. The molecule has 154 valence electrons. The monoisotopic (exact) mass is 426 g/mol. The minimum absolute atomic E-state index is 0.116.